The highest BCUT2D eigenvalue weighted by Gasteiger charge is 2.62. The van der Waals surface area contributed by atoms with E-state index >= 15 is 0 Å². The van der Waals surface area contributed by atoms with E-state index in [0.29, 0.717) is 17.7 Å². The summed E-state index contributed by atoms with van der Waals surface area (Å²) in [7, 11) is 0. The van der Waals surface area contributed by atoms with Gasteiger partial charge in [0.15, 0.2) is 0 Å². The monoisotopic (exact) mass is 472 g/mol. The minimum absolute atomic E-state index is 0.00883. The molecule has 2 aromatic carbocycles. The van der Waals surface area contributed by atoms with Gasteiger partial charge in [0, 0.05) is 24.1 Å². The number of nitrogens with zero attached hydrogens (tertiary/aromatic N) is 1. The van der Waals surface area contributed by atoms with E-state index in [-0.39, 0.29) is 32.6 Å². The van der Waals surface area contributed by atoms with Gasteiger partial charge in [-0.2, -0.15) is 13.2 Å². The average molecular weight is 473 g/mol. The molecule has 0 radical (unpaired) electrons. The number of halogens is 5. The van der Waals surface area contributed by atoms with Gasteiger partial charge in [-0.15, -0.1) is 0 Å². The number of carbonyl (C=O) groups excluding carboxylic acids is 1. The van der Waals surface area contributed by atoms with Crippen molar-refractivity contribution in [1.82, 2.24) is 5.32 Å². The lowest BCUT2D eigenvalue weighted by atomic mass is 9.86. The first-order valence-electron chi connectivity index (χ1n) is 9.48. The molecule has 1 aliphatic heterocycles. The van der Waals surface area contributed by atoms with E-state index in [0.717, 1.165) is 6.07 Å². The van der Waals surface area contributed by atoms with Crippen molar-refractivity contribution >= 4 is 34.8 Å². The molecule has 0 saturated heterocycles. The van der Waals surface area contributed by atoms with E-state index in [9.17, 15) is 18.0 Å². The molecule has 4 nitrogen and oxygen atoms in total. The fourth-order valence-corrected chi connectivity index (χ4v) is 3.37. The van der Waals surface area contributed by atoms with Gasteiger partial charge < -0.3 is 10.2 Å². The van der Waals surface area contributed by atoms with Crippen molar-refractivity contribution in [1.29, 1.82) is 0 Å². The van der Waals surface area contributed by atoms with E-state index in [2.05, 4.69) is 10.5 Å². The zero-order valence-electron chi connectivity index (χ0n) is 17.1. The summed E-state index contributed by atoms with van der Waals surface area (Å²) in [6.07, 6.45) is -5.29. The van der Waals surface area contributed by atoms with Crippen LogP contribution in [0.3, 0.4) is 0 Å². The molecule has 1 heterocycles. The number of alkyl halides is 3. The molecular formula is C22H21Cl2F3N2O2. The maximum Gasteiger partial charge on any atom is 0.435 e. The van der Waals surface area contributed by atoms with E-state index in [4.69, 9.17) is 28.0 Å². The lowest BCUT2D eigenvalue weighted by Gasteiger charge is -2.29. The zero-order chi connectivity index (χ0) is 23.0. The van der Waals surface area contributed by atoms with Gasteiger partial charge in [0.1, 0.15) is 0 Å². The summed E-state index contributed by atoms with van der Waals surface area (Å²) in [5.41, 5.74) is -1.98. The predicted molar refractivity (Wildman–Crippen MR) is 115 cm³/mol. The molecule has 166 valence electrons. The van der Waals surface area contributed by atoms with Crippen molar-refractivity contribution in [2.75, 3.05) is 6.54 Å². The third-order valence-electron chi connectivity index (χ3n) is 4.83. The second-order valence-corrected chi connectivity index (χ2v) is 9.39. The Balaban J connectivity index is 1.82. The van der Waals surface area contributed by atoms with Crippen LogP contribution in [-0.4, -0.2) is 24.3 Å². The van der Waals surface area contributed by atoms with Crippen LogP contribution in [0.5, 0.6) is 0 Å². The van der Waals surface area contributed by atoms with Crippen LogP contribution in [0, 0.1) is 5.41 Å². The second-order valence-electron chi connectivity index (χ2n) is 8.58. The van der Waals surface area contributed by atoms with Gasteiger partial charge in [0.25, 0.3) is 11.5 Å². The highest BCUT2D eigenvalue weighted by atomic mass is 35.5. The Hall–Kier alpha value is -2.25. The number of benzene rings is 2. The second kappa shape index (κ2) is 8.36. The Kier molecular flexibility index (Phi) is 6.31. The third-order valence-corrected chi connectivity index (χ3v) is 5.57. The molecule has 1 N–H and O–H groups in total. The molecule has 0 fully saturated rings. The smallest absolute Gasteiger partial charge is 0.374 e. The number of oxime groups is 1. The largest absolute Gasteiger partial charge is 0.435 e. The fraction of sp³-hybridized carbons (Fsp3) is 0.364. The minimum Gasteiger partial charge on any atom is -0.374 e. The molecule has 0 aromatic heterocycles. The maximum atomic E-state index is 14.0. The SMILES string of the molecule is CC(C)(C)CNC(=O)c1ccc(C2=NOC(c3ccc(Cl)c(Cl)c3)(C(F)(F)F)C2)cc1. The van der Waals surface area contributed by atoms with Gasteiger partial charge in [-0.3, -0.25) is 4.79 Å². The molecule has 0 saturated carbocycles. The summed E-state index contributed by atoms with van der Waals surface area (Å²) in [5, 5.41) is 6.68. The number of carbonyl (C=O) groups is 1. The summed E-state index contributed by atoms with van der Waals surface area (Å²) in [5.74, 6) is -0.258. The van der Waals surface area contributed by atoms with Crippen LogP contribution in [0.2, 0.25) is 10.0 Å². The lowest BCUT2D eigenvalue weighted by Crippen LogP contribution is -2.42. The van der Waals surface area contributed by atoms with Crippen molar-refractivity contribution in [3.8, 4) is 0 Å². The van der Waals surface area contributed by atoms with Crippen LogP contribution >= 0.6 is 23.2 Å². The highest BCUT2D eigenvalue weighted by Crippen LogP contribution is 2.49. The maximum absolute atomic E-state index is 14.0. The van der Waals surface area contributed by atoms with Crippen LogP contribution in [0.1, 0.15) is 48.7 Å². The standard InChI is InChI=1S/C22H21Cl2F3N2O2/c1-20(2,3)12-28-19(30)14-6-4-13(5-7-14)18-11-21(31-29-18,22(25,26)27)15-8-9-16(23)17(24)10-15/h4-10H,11-12H2,1-3H3,(H,28,30). The van der Waals surface area contributed by atoms with Gasteiger partial charge in [0.05, 0.1) is 15.8 Å². The normalized spacial score (nSPS) is 19.0. The highest BCUT2D eigenvalue weighted by molar-refractivity contribution is 6.42. The Morgan fingerprint density at radius 2 is 1.74 bits per heavy atom. The molecule has 0 bridgehead atoms. The lowest BCUT2D eigenvalue weighted by molar-refractivity contribution is -0.275. The van der Waals surface area contributed by atoms with E-state index in [1.165, 1.54) is 12.1 Å². The molecule has 2 aromatic rings. The molecule has 1 unspecified atom stereocenters. The van der Waals surface area contributed by atoms with Gasteiger partial charge in [-0.25, -0.2) is 0 Å². The number of hydrogen-bond acceptors (Lipinski definition) is 3. The minimum atomic E-state index is -4.75. The van der Waals surface area contributed by atoms with Crippen LogP contribution < -0.4 is 5.32 Å². The molecule has 31 heavy (non-hydrogen) atoms. The van der Waals surface area contributed by atoms with Gasteiger partial charge >= 0.3 is 6.18 Å². The topological polar surface area (TPSA) is 50.7 Å². The fourth-order valence-electron chi connectivity index (χ4n) is 3.07. The summed E-state index contributed by atoms with van der Waals surface area (Å²) in [4.78, 5) is 17.3. The van der Waals surface area contributed by atoms with E-state index in [1.807, 2.05) is 20.8 Å². The Morgan fingerprint density at radius 3 is 2.29 bits per heavy atom. The van der Waals surface area contributed by atoms with Gasteiger partial charge in [-0.1, -0.05) is 67.3 Å². The van der Waals surface area contributed by atoms with Crippen molar-refractivity contribution in [2.24, 2.45) is 10.6 Å². The first kappa shape index (κ1) is 23.4. The van der Waals surface area contributed by atoms with Crippen LogP contribution in [0.25, 0.3) is 0 Å². The summed E-state index contributed by atoms with van der Waals surface area (Å²) in [6, 6.07) is 9.84. The van der Waals surface area contributed by atoms with E-state index < -0.39 is 18.2 Å². The van der Waals surface area contributed by atoms with Gasteiger partial charge in [-0.05, 0) is 35.2 Å². The molecule has 1 atom stereocenters. The van der Waals surface area contributed by atoms with Crippen molar-refractivity contribution in [3.63, 3.8) is 0 Å². The molecule has 1 amide bonds. The molecule has 0 aliphatic carbocycles. The molecule has 9 heteroatoms. The Labute approximate surface area is 188 Å². The average Bonchev–Trinajstić information content (AvgIpc) is 3.14. The summed E-state index contributed by atoms with van der Waals surface area (Å²) < 4.78 is 42.1. The molecule has 0 spiro atoms. The first-order valence-corrected chi connectivity index (χ1v) is 10.2. The quantitative estimate of drug-likeness (QED) is 0.563. The van der Waals surface area contributed by atoms with Crippen molar-refractivity contribution < 1.29 is 22.8 Å². The number of rotatable bonds is 4. The van der Waals surface area contributed by atoms with Crippen molar-refractivity contribution in [2.45, 2.75) is 39.0 Å². The third kappa shape index (κ3) is 4.99. The zero-order valence-corrected chi connectivity index (χ0v) is 18.6. The van der Waals surface area contributed by atoms with Crippen molar-refractivity contribution in [3.05, 3.63) is 69.2 Å². The molecule has 3 rings (SSSR count). The Morgan fingerprint density at radius 1 is 1.10 bits per heavy atom. The van der Waals surface area contributed by atoms with Crippen LogP contribution in [0.4, 0.5) is 13.2 Å². The van der Waals surface area contributed by atoms with Crippen LogP contribution in [-0.2, 0) is 10.4 Å². The predicted octanol–water partition coefficient (Wildman–Crippen LogP) is 6.35. The number of hydrogen-bond donors (Lipinski definition) is 1. The molecular weight excluding hydrogens is 452 g/mol. The number of amides is 1. The van der Waals surface area contributed by atoms with Crippen LogP contribution in [0.15, 0.2) is 47.6 Å². The number of nitrogens with one attached hydrogen (secondary N) is 1. The van der Waals surface area contributed by atoms with E-state index in [1.54, 1.807) is 24.3 Å². The van der Waals surface area contributed by atoms with Gasteiger partial charge in [0.2, 0.25) is 0 Å². The summed E-state index contributed by atoms with van der Waals surface area (Å²) >= 11 is 11.8. The summed E-state index contributed by atoms with van der Waals surface area (Å²) in [6.45, 7) is 6.48. The first-order chi connectivity index (χ1) is 14.3. The molecule has 1 aliphatic rings. The Bertz CT molecular complexity index is 1010.